The molecule has 40 heavy (non-hydrogen) atoms. The Morgan fingerprint density at radius 1 is 1.15 bits per heavy atom. The highest BCUT2D eigenvalue weighted by Gasteiger charge is 2.38. The highest BCUT2D eigenvalue weighted by Crippen LogP contribution is 2.24. The van der Waals surface area contributed by atoms with Crippen molar-refractivity contribution < 1.29 is 29.0 Å². The Balaban J connectivity index is 0. The van der Waals surface area contributed by atoms with Crippen LogP contribution in [0, 0.1) is 5.41 Å². The molecular formula is C29H51ClN4O6. The average molecular weight is 587 g/mol. The number of aldehydes is 1. The number of carbonyl (C=O) groups is 4. The maximum Gasteiger partial charge on any atom is 0.252 e. The smallest absolute Gasteiger partial charge is 0.252 e. The molecule has 0 aliphatic heterocycles. The minimum atomic E-state index is -0.914. The van der Waals surface area contributed by atoms with Gasteiger partial charge in [0.1, 0.15) is 18.4 Å². The summed E-state index contributed by atoms with van der Waals surface area (Å²) in [5.41, 5.74) is 5.71. The lowest BCUT2D eigenvalue weighted by molar-refractivity contribution is -0.143. The van der Waals surface area contributed by atoms with E-state index in [0.29, 0.717) is 25.3 Å². The molecule has 3 amide bonds. The fourth-order valence-electron chi connectivity index (χ4n) is 3.53. The van der Waals surface area contributed by atoms with Crippen LogP contribution >= 0.6 is 11.6 Å². The van der Waals surface area contributed by atoms with Gasteiger partial charge in [-0.3, -0.25) is 14.4 Å². The predicted octanol–water partition coefficient (Wildman–Crippen LogP) is 3.83. The molecule has 5 N–H and O–H groups in total. The summed E-state index contributed by atoms with van der Waals surface area (Å²) in [6, 6.07) is 2.29. The molecule has 10 nitrogen and oxygen atoms in total. The van der Waals surface area contributed by atoms with Crippen LogP contribution in [0.1, 0.15) is 85.0 Å². The zero-order valence-electron chi connectivity index (χ0n) is 25.7. The Labute approximate surface area is 245 Å². The first-order chi connectivity index (χ1) is 18.9. The van der Waals surface area contributed by atoms with E-state index in [4.69, 9.17) is 27.2 Å². The fraction of sp³-hybridized carbons (Fsp3) is 0.655. The first kappa shape index (κ1) is 39.5. The molecule has 3 atom stereocenters. The molecule has 0 radical (unpaired) electrons. The Kier molecular flexibility index (Phi) is 20.8. The van der Waals surface area contributed by atoms with Crippen molar-refractivity contribution in [1.82, 2.24) is 15.5 Å². The number of rotatable bonds is 14. The predicted molar refractivity (Wildman–Crippen MR) is 161 cm³/mol. The number of aliphatic hydroxyl groups excluding tert-OH is 1. The summed E-state index contributed by atoms with van der Waals surface area (Å²) < 4.78 is 5.37. The summed E-state index contributed by atoms with van der Waals surface area (Å²) in [5.74, 6) is -1.24. The van der Waals surface area contributed by atoms with Crippen molar-refractivity contribution in [2.45, 2.75) is 92.8 Å². The van der Waals surface area contributed by atoms with Crippen molar-refractivity contribution in [2.24, 2.45) is 5.41 Å². The van der Waals surface area contributed by atoms with E-state index in [2.05, 4.69) is 10.6 Å². The number of hydrogen-bond donors (Lipinski definition) is 4. The minimum absolute atomic E-state index is 0.103. The average Bonchev–Trinajstić information content (AvgIpc) is 2.93. The molecule has 0 spiro atoms. The number of nitrogen functional groups attached to an aromatic ring is 1. The van der Waals surface area contributed by atoms with Gasteiger partial charge in [0.25, 0.3) is 5.91 Å². The monoisotopic (exact) mass is 586 g/mol. The van der Waals surface area contributed by atoms with Crippen molar-refractivity contribution in [1.29, 1.82) is 0 Å². The molecule has 0 saturated carbocycles. The molecule has 230 valence electrons. The molecule has 0 unspecified atom stereocenters. The number of amides is 3. The number of benzene rings is 1. The SMILES string of the molecule is CC.CCCCN(C(=O)[C@@H](NC(=O)c1ccc(N)c(Cl)c1)C(C)(C)C)[C@@H](C)C(=O)N[C@@H](CC=O)COCC.CO. The van der Waals surface area contributed by atoms with Gasteiger partial charge in [-0.25, -0.2) is 0 Å². The van der Waals surface area contributed by atoms with Crippen LogP contribution in [0.2, 0.25) is 5.02 Å². The number of nitrogens with zero attached hydrogens (tertiary/aromatic N) is 1. The van der Waals surface area contributed by atoms with Gasteiger partial charge in [0, 0.05) is 32.2 Å². The lowest BCUT2D eigenvalue weighted by Crippen LogP contribution is -2.59. The Bertz CT molecular complexity index is 907. The number of hydrogen-bond acceptors (Lipinski definition) is 7. The molecule has 1 aromatic carbocycles. The number of halogens is 1. The van der Waals surface area contributed by atoms with Crippen molar-refractivity contribution >= 4 is 41.3 Å². The van der Waals surface area contributed by atoms with E-state index in [1.165, 1.54) is 23.1 Å². The lowest BCUT2D eigenvalue weighted by Gasteiger charge is -2.37. The van der Waals surface area contributed by atoms with Gasteiger partial charge in [-0.15, -0.1) is 0 Å². The van der Waals surface area contributed by atoms with Crippen molar-refractivity contribution in [3.05, 3.63) is 28.8 Å². The third-order valence-corrected chi connectivity index (χ3v) is 6.11. The quantitative estimate of drug-likeness (QED) is 0.191. The summed E-state index contributed by atoms with van der Waals surface area (Å²) in [6.07, 6.45) is 2.32. The van der Waals surface area contributed by atoms with E-state index < -0.39 is 35.4 Å². The van der Waals surface area contributed by atoms with Gasteiger partial charge in [0.15, 0.2) is 0 Å². The second kappa shape index (κ2) is 21.1. The fourth-order valence-corrected chi connectivity index (χ4v) is 3.71. The Morgan fingerprint density at radius 2 is 1.75 bits per heavy atom. The van der Waals surface area contributed by atoms with Gasteiger partial charge in [0.05, 0.1) is 23.4 Å². The van der Waals surface area contributed by atoms with Gasteiger partial charge < -0.3 is 35.9 Å². The molecule has 1 rings (SSSR count). The molecule has 1 aromatic rings. The molecule has 0 heterocycles. The second-order valence-electron chi connectivity index (χ2n) is 9.84. The van der Waals surface area contributed by atoms with Crippen LogP contribution in [0.5, 0.6) is 0 Å². The van der Waals surface area contributed by atoms with Gasteiger partial charge >= 0.3 is 0 Å². The van der Waals surface area contributed by atoms with E-state index in [-0.39, 0.29) is 29.5 Å². The standard InChI is InChI=1S/C26H41ClN4O5.C2H6.CH4O/c1-7-9-13-31(17(3)23(33)29-19(12-14-32)16-36-8-2)25(35)22(26(4,5)6)30-24(34)18-10-11-21(28)20(27)15-18;2*1-2/h10-11,14-15,17,19,22H,7-9,12-13,16,28H2,1-6H3,(H,29,33)(H,30,34);1-2H3;2H,1H3/t17-,19-,22+;;/m0../s1. The van der Waals surface area contributed by atoms with Crippen molar-refractivity contribution in [3.8, 4) is 0 Å². The molecule has 0 aromatic heterocycles. The van der Waals surface area contributed by atoms with Crippen LogP contribution in [0.3, 0.4) is 0 Å². The number of carbonyl (C=O) groups excluding carboxylic acids is 4. The van der Waals surface area contributed by atoms with Crippen molar-refractivity contribution in [2.75, 3.05) is 32.6 Å². The van der Waals surface area contributed by atoms with Crippen LogP contribution in [0.15, 0.2) is 18.2 Å². The van der Waals surface area contributed by atoms with Crippen LogP contribution < -0.4 is 16.4 Å². The van der Waals surface area contributed by atoms with Gasteiger partial charge in [-0.2, -0.15) is 0 Å². The normalized spacial score (nSPS) is 12.8. The molecule has 11 heteroatoms. The van der Waals surface area contributed by atoms with Crippen LogP contribution in [0.4, 0.5) is 5.69 Å². The third kappa shape index (κ3) is 13.6. The number of nitrogens with two attached hydrogens (primary N) is 1. The number of nitrogens with one attached hydrogen (secondary N) is 2. The first-order valence-electron chi connectivity index (χ1n) is 13.8. The van der Waals surface area contributed by atoms with Gasteiger partial charge in [-0.05, 0) is 43.9 Å². The number of ether oxygens (including phenoxy) is 1. The number of anilines is 1. The summed E-state index contributed by atoms with van der Waals surface area (Å²) in [6.45, 7) is 16.0. The lowest BCUT2D eigenvalue weighted by atomic mass is 9.85. The highest BCUT2D eigenvalue weighted by atomic mass is 35.5. The van der Waals surface area contributed by atoms with E-state index in [9.17, 15) is 19.2 Å². The first-order valence-corrected chi connectivity index (χ1v) is 14.2. The van der Waals surface area contributed by atoms with Crippen LogP contribution in [0.25, 0.3) is 0 Å². The van der Waals surface area contributed by atoms with E-state index in [0.717, 1.165) is 19.8 Å². The maximum atomic E-state index is 13.8. The largest absolute Gasteiger partial charge is 0.400 e. The zero-order valence-corrected chi connectivity index (χ0v) is 26.4. The van der Waals surface area contributed by atoms with E-state index in [1.807, 2.05) is 48.5 Å². The summed E-state index contributed by atoms with van der Waals surface area (Å²) in [5, 5.41) is 12.9. The second-order valence-corrected chi connectivity index (χ2v) is 10.2. The molecule has 0 aliphatic carbocycles. The summed E-state index contributed by atoms with van der Waals surface area (Å²) >= 11 is 6.07. The molecule has 0 aliphatic rings. The summed E-state index contributed by atoms with van der Waals surface area (Å²) in [7, 11) is 1.00. The molecule has 0 fully saturated rings. The number of unbranched alkanes of at least 4 members (excludes halogenated alkanes) is 1. The summed E-state index contributed by atoms with van der Waals surface area (Å²) in [4.78, 5) is 52.5. The Morgan fingerprint density at radius 3 is 2.23 bits per heavy atom. The minimum Gasteiger partial charge on any atom is -0.400 e. The van der Waals surface area contributed by atoms with Gasteiger partial charge in [-0.1, -0.05) is 59.6 Å². The molecular weight excluding hydrogens is 536 g/mol. The third-order valence-electron chi connectivity index (χ3n) is 5.78. The Hall–Kier alpha value is -2.69. The van der Waals surface area contributed by atoms with E-state index in [1.54, 1.807) is 6.92 Å². The van der Waals surface area contributed by atoms with E-state index >= 15 is 0 Å². The molecule has 0 bridgehead atoms. The highest BCUT2D eigenvalue weighted by molar-refractivity contribution is 6.33. The zero-order chi connectivity index (χ0) is 31.5. The van der Waals surface area contributed by atoms with Crippen molar-refractivity contribution in [3.63, 3.8) is 0 Å². The maximum absolute atomic E-state index is 13.8. The van der Waals surface area contributed by atoms with Crippen LogP contribution in [-0.2, 0) is 19.1 Å². The molecule has 0 saturated heterocycles. The van der Waals surface area contributed by atoms with Crippen LogP contribution in [-0.4, -0.2) is 79.0 Å². The van der Waals surface area contributed by atoms with Gasteiger partial charge in [0.2, 0.25) is 11.8 Å². The number of aliphatic hydroxyl groups is 1. The topological polar surface area (TPSA) is 151 Å².